The highest BCUT2D eigenvalue weighted by Crippen LogP contribution is 2.52. The molecular weight excluding hydrogens is 445 g/mol. The van der Waals surface area contributed by atoms with Gasteiger partial charge >= 0.3 is 13.5 Å². The summed E-state index contributed by atoms with van der Waals surface area (Å²) in [7, 11) is -3.21. The summed E-state index contributed by atoms with van der Waals surface area (Å²) in [5, 5.41) is 8.84. The van der Waals surface area contributed by atoms with Crippen LogP contribution in [0.5, 0.6) is 5.75 Å². The summed E-state index contributed by atoms with van der Waals surface area (Å²) < 4.78 is 16.3. The molecule has 4 fully saturated rings. The first-order chi connectivity index (χ1) is 15.5. The lowest BCUT2D eigenvalue weighted by molar-refractivity contribution is -0.153. The molecule has 33 heavy (non-hydrogen) atoms. The van der Waals surface area contributed by atoms with Gasteiger partial charge in [0.1, 0.15) is 22.7 Å². The number of azide groups is 1. The van der Waals surface area contributed by atoms with E-state index in [2.05, 4.69) is 16.7 Å². The number of hydrogen-bond acceptors (Lipinski definition) is 5. The Hall–Kier alpha value is -2.63. The van der Waals surface area contributed by atoms with Gasteiger partial charge in [0.2, 0.25) is 0 Å². The Morgan fingerprint density at radius 1 is 1.12 bits per heavy atom. The third kappa shape index (κ3) is 5.66. The summed E-state index contributed by atoms with van der Waals surface area (Å²) in [4.78, 5) is 38.7. The van der Waals surface area contributed by atoms with E-state index in [1.54, 1.807) is 30.3 Å². The second-order valence-electron chi connectivity index (χ2n) is 9.81. The van der Waals surface area contributed by atoms with Crippen LogP contribution in [0.2, 0.25) is 0 Å². The van der Waals surface area contributed by atoms with E-state index in [1.165, 1.54) is 19.5 Å². The fourth-order valence-electron chi connectivity index (χ4n) is 5.41. The van der Waals surface area contributed by atoms with E-state index in [0.717, 1.165) is 25.2 Å². The Morgan fingerprint density at radius 2 is 1.73 bits per heavy atom. The number of fused-ring (bicyclic) bond motifs is 4. The number of ketones is 2. The minimum atomic E-state index is -3.21. The molecule has 178 valence electrons. The minimum Gasteiger partial charge on any atom is -0.480 e. The monoisotopic (exact) mass is 475 g/mol. The van der Waals surface area contributed by atoms with Crippen molar-refractivity contribution in [3.63, 3.8) is 0 Å². The summed E-state index contributed by atoms with van der Waals surface area (Å²) in [6, 6.07) is 8.57. The predicted molar refractivity (Wildman–Crippen MR) is 122 cm³/mol. The minimum absolute atomic E-state index is 0.0405. The number of carbonyl (C=O) groups excluding carboxylic acids is 2. The molecule has 0 aromatic heterocycles. The Kier molecular flexibility index (Phi) is 7.35. The molecule has 0 heterocycles. The van der Waals surface area contributed by atoms with E-state index < -0.39 is 18.9 Å². The average Bonchev–Trinajstić information content (AvgIpc) is 3.48. The van der Waals surface area contributed by atoms with E-state index in [9.17, 15) is 18.9 Å². The molecule has 4 bridgehead atoms. The molecule has 0 aliphatic heterocycles. The van der Waals surface area contributed by atoms with Crippen LogP contribution in [0.25, 0.3) is 10.4 Å². The summed E-state index contributed by atoms with van der Waals surface area (Å²) in [6.07, 6.45) is 7.15. The van der Waals surface area contributed by atoms with Crippen molar-refractivity contribution < 1.29 is 28.6 Å². The van der Waals surface area contributed by atoms with Crippen LogP contribution in [0, 0.1) is 22.7 Å². The molecule has 0 saturated heterocycles. The van der Waals surface area contributed by atoms with Crippen molar-refractivity contribution in [3.05, 3.63) is 40.8 Å². The third-order valence-corrected chi connectivity index (χ3v) is 8.20. The lowest BCUT2D eigenvalue weighted by Gasteiger charge is -2.18. The van der Waals surface area contributed by atoms with Gasteiger partial charge in [0.15, 0.2) is 0 Å². The first kappa shape index (κ1) is 25.0. The molecule has 4 aliphatic carbocycles. The van der Waals surface area contributed by atoms with Crippen molar-refractivity contribution in [2.24, 2.45) is 27.6 Å². The second kappa shape index (κ2) is 9.70. The molecule has 1 aromatic rings. The van der Waals surface area contributed by atoms with Crippen molar-refractivity contribution in [1.29, 1.82) is 0 Å². The number of carboxylic acid groups (broad SMARTS) is 1. The number of nitrogens with zero attached hydrogens (tertiary/aromatic N) is 3. The van der Waals surface area contributed by atoms with E-state index >= 15 is 0 Å². The van der Waals surface area contributed by atoms with Crippen LogP contribution in [0.15, 0.2) is 35.2 Å². The molecule has 5 rings (SSSR count). The van der Waals surface area contributed by atoms with E-state index in [0.29, 0.717) is 36.7 Å². The number of Topliss-reactive ketones (excluding diaryl/α,β-unsaturated/α-hetero) is 2. The van der Waals surface area contributed by atoms with Crippen molar-refractivity contribution in [2.75, 3.05) is 6.66 Å². The lowest BCUT2D eigenvalue weighted by atomic mass is 9.83. The number of para-hydroxylation sites is 1. The maximum atomic E-state index is 11.3. The quantitative estimate of drug-likeness (QED) is 0.191. The first-order valence-corrected chi connectivity index (χ1v) is 13.2. The molecule has 5 atom stereocenters. The van der Waals surface area contributed by atoms with Crippen molar-refractivity contribution >= 4 is 25.1 Å². The number of hydrogen-bond donors (Lipinski definition) is 1. The van der Waals surface area contributed by atoms with Gasteiger partial charge in [-0.05, 0) is 68.0 Å². The number of benzene rings is 1. The zero-order chi connectivity index (χ0) is 24.3. The summed E-state index contributed by atoms with van der Waals surface area (Å²) in [5.41, 5.74) is 7.26. The van der Waals surface area contributed by atoms with Crippen LogP contribution in [0.1, 0.15) is 58.3 Å². The maximum absolute atomic E-state index is 11.3. The molecule has 9 nitrogen and oxygen atoms in total. The van der Waals surface area contributed by atoms with Crippen LogP contribution in [-0.4, -0.2) is 29.3 Å². The standard InChI is InChI=1S/C8H10O3.C8H12O.C7H8N3O2P/c9-6-3-5-1-2-8(6,4-5)7(10)11;1-8-3-2-6(5-8)4-7(8)9;1-13(11,10-9-8)12-7-5-3-2-4-6-7/h5H,1-4H2,(H,10,11);6H,2-5H2,1H3;2-6H,1H3. The van der Waals surface area contributed by atoms with Crippen LogP contribution < -0.4 is 4.52 Å². The number of rotatable bonds is 4. The fraction of sp³-hybridized carbons (Fsp3) is 0.609. The van der Waals surface area contributed by atoms with Crippen molar-refractivity contribution in [3.8, 4) is 5.75 Å². The Morgan fingerprint density at radius 3 is 2.09 bits per heavy atom. The van der Waals surface area contributed by atoms with Crippen LogP contribution in [0.3, 0.4) is 0 Å². The highest BCUT2D eigenvalue weighted by Gasteiger charge is 2.56. The van der Waals surface area contributed by atoms with Gasteiger partial charge in [0, 0.05) is 34.7 Å². The normalized spacial score (nSPS) is 32.5. The molecular formula is C23H30N3O6P. The lowest BCUT2D eigenvalue weighted by Crippen LogP contribution is -2.34. The molecule has 5 unspecified atom stereocenters. The van der Waals surface area contributed by atoms with Gasteiger partial charge in [-0.1, -0.05) is 25.1 Å². The fourth-order valence-corrected chi connectivity index (χ4v) is 6.11. The molecule has 10 heteroatoms. The first-order valence-electron chi connectivity index (χ1n) is 11.2. The molecule has 4 saturated carbocycles. The number of aliphatic carboxylic acids is 1. The highest BCUT2D eigenvalue weighted by molar-refractivity contribution is 7.56. The van der Waals surface area contributed by atoms with Crippen LogP contribution in [-0.2, 0) is 18.9 Å². The van der Waals surface area contributed by atoms with E-state index in [1.807, 2.05) is 0 Å². The van der Waals surface area contributed by atoms with Gasteiger partial charge in [-0.15, -0.1) is 0 Å². The zero-order valence-corrected chi connectivity index (χ0v) is 19.9. The summed E-state index contributed by atoms with van der Waals surface area (Å²) in [5.74, 6) is 1.16. The van der Waals surface area contributed by atoms with Gasteiger partial charge in [-0.2, -0.15) is 0 Å². The smallest absolute Gasteiger partial charge is 0.332 e. The molecule has 4 aliphatic rings. The van der Waals surface area contributed by atoms with E-state index in [4.69, 9.17) is 15.2 Å². The van der Waals surface area contributed by atoms with E-state index in [-0.39, 0.29) is 11.2 Å². The maximum Gasteiger partial charge on any atom is 0.332 e. The Balaban J connectivity index is 0.000000141. The van der Waals surface area contributed by atoms with Gasteiger partial charge in [0.25, 0.3) is 0 Å². The summed E-state index contributed by atoms with van der Waals surface area (Å²) in [6.45, 7) is 3.39. The summed E-state index contributed by atoms with van der Waals surface area (Å²) >= 11 is 0. The average molecular weight is 475 g/mol. The molecule has 0 spiro atoms. The Labute approximate surface area is 193 Å². The highest BCUT2D eigenvalue weighted by atomic mass is 31.2. The second-order valence-corrected chi connectivity index (χ2v) is 11.8. The largest absolute Gasteiger partial charge is 0.480 e. The van der Waals surface area contributed by atoms with Crippen molar-refractivity contribution in [1.82, 2.24) is 0 Å². The SMILES string of the molecule is CC12CCC(CC1=O)C2.CP(=O)(N=[N+]=[N-])Oc1ccccc1.O=C(O)C12CCC(CC1=O)C2. The zero-order valence-electron chi connectivity index (χ0n) is 19.0. The third-order valence-electron chi connectivity index (χ3n) is 7.24. The van der Waals surface area contributed by atoms with Crippen LogP contribution >= 0.6 is 7.52 Å². The van der Waals surface area contributed by atoms with Crippen molar-refractivity contribution in [2.45, 2.75) is 58.3 Å². The Bertz CT molecular complexity index is 1020. The predicted octanol–water partition coefficient (Wildman–Crippen LogP) is 5.79. The molecule has 0 amide bonds. The molecule has 1 aromatic carbocycles. The number of carboxylic acids is 1. The molecule has 1 N–H and O–H groups in total. The van der Waals surface area contributed by atoms with Gasteiger partial charge in [-0.3, -0.25) is 18.9 Å². The van der Waals surface area contributed by atoms with Crippen LogP contribution in [0.4, 0.5) is 0 Å². The molecule has 0 radical (unpaired) electrons. The number of carbonyl (C=O) groups is 3. The van der Waals surface area contributed by atoms with Gasteiger partial charge in [0.05, 0.1) is 0 Å². The van der Waals surface area contributed by atoms with Gasteiger partial charge < -0.3 is 9.63 Å². The topological polar surface area (TPSA) is 146 Å². The van der Waals surface area contributed by atoms with Gasteiger partial charge in [-0.25, -0.2) is 0 Å².